The first-order valence-corrected chi connectivity index (χ1v) is 12.9. The van der Waals surface area contributed by atoms with E-state index in [9.17, 15) is 22.8 Å². The Morgan fingerprint density at radius 2 is 1.82 bits per heavy atom. The molecule has 0 aromatic heterocycles. The summed E-state index contributed by atoms with van der Waals surface area (Å²) < 4.78 is 25.5. The maximum Gasteiger partial charge on any atom is 0.325 e. The van der Waals surface area contributed by atoms with Crippen molar-refractivity contribution in [2.24, 2.45) is 0 Å². The zero-order chi connectivity index (χ0) is 23.4. The number of urea groups is 1. The summed E-state index contributed by atoms with van der Waals surface area (Å²) in [5.74, 6) is -0.756. The van der Waals surface area contributed by atoms with Crippen molar-refractivity contribution in [3.63, 3.8) is 0 Å². The number of amides is 3. The molecule has 172 valence electrons. The number of ketones is 1. The van der Waals surface area contributed by atoms with Gasteiger partial charge in [0.05, 0.1) is 18.5 Å². The van der Waals surface area contributed by atoms with Gasteiger partial charge in [0, 0.05) is 12.1 Å². The van der Waals surface area contributed by atoms with E-state index in [0.717, 1.165) is 40.7 Å². The Morgan fingerprint density at radius 1 is 1.06 bits per heavy atom. The van der Waals surface area contributed by atoms with Crippen LogP contribution in [-0.2, 0) is 33.2 Å². The number of fused-ring (bicyclic) bond motifs is 3. The summed E-state index contributed by atoms with van der Waals surface area (Å²) in [5, 5.41) is 2.87. The zero-order valence-corrected chi connectivity index (χ0v) is 19.2. The molecule has 0 radical (unpaired) electrons. The van der Waals surface area contributed by atoms with Gasteiger partial charge < -0.3 is 5.32 Å². The van der Waals surface area contributed by atoms with E-state index in [2.05, 4.69) is 5.32 Å². The third kappa shape index (κ3) is 3.51. The van der Waals surface area contributed by atoms with Crippen molar-refractivity contribution in [2.75, 3.05) is 23.7 Å². The van der Waals surface area contributed by atoms with Gasteiger partial charge in [-0.05, 0) is 67.0 Å². The van der Waals surface area contributed by atoms with Gasteiger partial charge in [0.15, 0.2) is 5.78 Å². The Hall–Kier alpha value is -3.20. The molecule has 0 saturated carbocycles. The SMILES string of the molecule is CS(=O)(=O)N1CCCc2cc(C(=O)CN3C(=O)N[C@]4(CCCc5ccccc54)C3=O)ccc21. The molecule has 0 unspecified atom stereocenters. The number of hydrogen-bond donors (Lipinski definition) is 1. The molecule has 1 aliphatic carbocycles. The maximum absolute atomic E-state index is 13.4. The third-order valence-electron chi connectivity index (χ3n) is 6.83. The maximum atomic E-state index is 13.4. The number of nitrogens with one attached hydrogen (secondary N) is 1. The fraction of sp³-hybridized carbons (Fsp3) is 0.375. The van der Waals surface area contributed by atoms with Crippen molar-refractivity contribution in [1.29, 1.82) is 0 Å². The summed E-state index contributed by atoms with van der Waals surface area (Å²) >= 11 is 0. The van der Waals surface area contributed by atoms with E-state index in [-0.39, 0.29) is 12.3 Å². The minimum atomic E-state index is -3.40. The third-order valence-corrected chi connectivity index (χ3v) is 8.01. The van der Waals surface area contributed by atoms with E-state index in [1.165, 1.54) is 4.31 Å². The van der Waals surface area contributed by atoms with Crippen molar-refractivity contribution in [1.82, 2.24) is 10.2 Å². The van der Waals surface area contributed by atoms with Crippen LogP contribution in [0.4, 0.5) is 10.5 Å². The Morgan fingerprint density at radius 3 is 2.61 bits per heavy atom. The molecule has 3 aliphatic rings. The first-order chi connectivity index (χ1) is 15.7. The number of hydrogen-bond acceptors (Lipinski definition) is 5. The number of carbonyl (C=O) groups excluding carboxylic acids is 3. The monoisotopic (exact) mass is 467 g/mol. The summed E-state index contributed by atoms with van der Waals surface area (Å²) in [6.07, 6.45) is 4.60. The van der Waals surface area contributed by atoms with Crippen molar-refractivity contribution < 1.29 is 22.8 Å². The second-order valence-corrected chi connectivity index (χ2v) is 10.8. The van der Waals surface area contributed by atoms with Crippen LogP contribution in [0, 0.1) is 0 Å². The average Bonchev–Trinajstić information content (AvgIpc) is 3.02. The van der Waals surface area contributed by atoms with E-state index in [0.29, 0.717) is 37.1 Å². The average molecular weight is 468 g/mol. The first kappa shape index (κ1) is 21.6. The molecule has 1 saturated heterocycles. The highest BCUT2D eigenvalue weighted by Crippen LogP contribution is 2.40. The van der Waals surface area contributed by atoms with E-state index in [4.69, 9.17) is 0 Å². The second-order valence-electron chi connectivity index (χ2n) is 8.94. The number of benzene rings is 2. The molecule has 1 atom stereocenters. The molecule has 1 spiro atoms. The van der Waals surface area contributed by atoms with Crippen LogP contribution in [0.15, 0.2) is 42.5 Å². The second kappa shape index (κ2) is 7.69. The Bertz CT molecular complexity index is 1290. The molecule has 5 rings (SSSR count). The number of imide groups is 1. The lowest BCUT2D eigenvalue weighted by atomic mass is 9.76. The molecule has 2 aromatic rings. The van der Waals surface area contributed by atoms with Crippen LogP contribution in [0.2, 0.25) is 0 Å². The highest BCUT2D eigenvalue weighted by atomic mass is 32.2. The summed E-state index contributed by atoms with van der Waals surface area (Å²) in [6.45, 7) is 0.0499. The van der Waals surface area contributed by atoms with E-state index in [1.54, 1.807) is 18.2 Å². The summed E-state index contributed by atoms with van der Waals surface area (Å²) in [7, 11) is -3.40. The molecule has 2 heterocycles. The molecule has 8 nitrogen and oxygen atoms in total. The number of sulfonamides is 1. The quantitative estimate of drug-likeness (QED) is 0.549. The Balaban J connectivity index is 1.40. The molecular formula is C24H25N3O5S. The van der Waals surface area contributed by atoms with E-state index >= 15 is 0 Å². The standard InChI is InChI=1S/C24H25N3O5S/c1-33(31,32)27-13-5-8-17-14-18(10-11-20(17)27)21(28)15-26-22(29)24(25-23(26)30)12-4-7-16-6-2-3-9-19(16)24/h2-3,6,9-11,14H,4-5,7-8,12-13,15H2,1H3,(H,25,30)/t24-/m0/s1. The van der Waals surface area contributed by atoms with Crippen LogP contribution in [0.5, 0.6) is 0 Å². The molecule has 1 fully saturated rings. The topological polar surface area (TPSA) is 104 Å². The summed E-state index contributed by atoms with van der Waals surface area (Å²) in [5.41, 5.74) is 2.43. The molecule has 2 aliphatic heterocycles. The number of aryl methyl sites for hydroxylation is 2. The lowest BCUT2D eigenvalue weighted by Gasteiger charge is -2.33. The minimum absolute atomic E-state index is 0.356. The fourth-order valence-corrected chi connectivity index (χ4v) is 6.27. The van der Waals surface area contributed by atoms with Crippen molar-refractivity contribution >= 4 is 33.4 Å². The lowest BCUT2D eigenvalue weighted by molar-refractivity contribution is -0.131. The molecule has 3 amide bonds. The largest absolute Gasteiger partial charge is 0.325 e. The summed E-state index contributed by atoms with van der Waals surface area (Å²) in [4.78, 5) is 40.3. The minimum Gasteiger partial charge on any atom is -0.319 e. The van der Waals surface area contributed by atoms with E-state index in [1.807, 2.05) is 24.3 Å². The first-order valence-electron chi connectivity index (χ1n) is 11.1. The Labute approximate surface area is 192 Å². The van der Waals surface area contributed by atoms with Gasteiger partial charge in [-0.2, -0.15) is 0 Å². The molecule has 2 aromatic carbocycles. The van der Waals surface area contributed by atoms with Gasteiger partial charge >= 0.3 is 6.03 Å². The van der Waals surface area contributed by atoms with Crippen LogP contribution < -0.4 is 9.62 Å². The van der Waals surface area contributed by atoms with Gasteiger partial charge in [0.1, 0.15) is 5.54 Å². The van der Waals surface area contributed by atoms with Gasteiger partial charge in [-0.25, -0.2) is 13.2 Å². The van der Waals surface area contributed by atoms with Crippen molar-refractivity contribution in [3.05, 3.63) is 64.7 Å². The smallest absolute Gasteiger partial charge is 0.319 e. The number of carbonyl (C=O) groups is 3. The van der Waals surface area contributed by atoms with Gasteiger partial charge in [-0.3, -0.25) is 18.8 Å². The van der Waals surface area contributed by atoms with Gasteiger partial charge in [0.2, 0.25) is 10.0 Å². The number of nitrogens with zero attached hydrogens (tertiary/aromatic N) is 2. The van der Waals surface area contributed by atoms with Crippen LogP contribution in [0.3, 0.4) is 0 Å². The zero-order valence-electron chi connectivity index (χ0n) is 18.3. The van der Waals surface area contributed by atoms with E-state index < -0.39 is 27.5 Å². The van der Waals surface area contributed by atoms with Crippen LogP contribution >= 0.6 is 0 Å². The molecular weight excluding hydrogens is 442 g/mol. The highest BCUT2D eigenvalue weighted by molar-refractivity contribution is 7.92. The van der Waals surface area contributed by atoms with Gasteiger partial charge in [-0.1, -0.05) is 24.3 Å². The van der Waals surface area contributed by atoms with Crippen LogP contribution in [0.25, 0.3) is 0 Å². The lowest BCUT2D eigenvalue weighted by Crippen LogP contribution is -2.46. The number of Topliss-reactive ketones (excluding diaryl/α,β-unsaturated/α-hetero) is 1. The van der Waals surface area contributed by atoms with Gasteiger partial charge in [0.25, 0.3) is 5.91 Å². The predicted molar refractivity (Wildman–Crippen MR) is 123 cm³/mol. The number of anilines is 1. The highest BCUT2D eigenvalue weighted by Gasteiger charge is 2.54. The molecule has 1 N–H and O–H groups in total. The number of rotatable bonds is 4. The van der Waals surface area contributed by atoms with Crippen molar-refractivity contribution in [2.45, 2.75) is 37.6 Å². The predicted octanol–water partition coefficient (Wildman–Crippen LogP) is 2.37. The van der Waals surface area contributed by atoms with Crippen molar-refractivity contribution in [3.8, 4) is 0 Å². The Kier molecular flexibility index (Phi) is 5.04. The summed E-state index contributed by atoms with van der Waals surface area (Å²) in [6, 6.07) is 11.9. The normalized spacial score (nSPS) is 22.2. The van der Waals surface area contributed by atoms with Crippen LogP contribution in [-0.4, -0.2) is 50.4 Å². The fourth-order valence-electron chi connectivity index (χ4n) is 5.27. The molecule has 9 heteroatoms. The van der Waals surface area contributed by atoms with Gasteiger partial charge in [-0.15, -0.1) is 0 Å². The van der Waals surface area contributed by atoms with Crippen LogP contribution in [0.1, 0.15) is 46.3 Å². The molecule has 0 bridgehead atoms. The molecule has 33 heavy (non-hydrogen) atoms.